The number of hydrogen-bond acceptors (Lipinski definition) is 4. The Morgan fingerprint density at radius 2 is 2.11 bits per heavy atom. The number of benzene rings is 1. The molecule has 0 fully saturated rings. The van der Waals surface area contributed by atoms with E-state index in [-0.39, 0.29) is 6.04 Å². The number of nitrogens with zero attached hydrogens (tertiary/aromatic N) is 3. The highest BCUT2D eigenvalue weighted by Crippen LogP contribution is 2.22. The first-order valence-electron chi connectivity index (χ1n) is 6.25. The molecule has 1 atom stereocenters. The summed E-state index contributed by atoms with van der Waals surface area (Å²) in [5.74, 6) is 2.29. The van der Waals surface area contributed by atoms with Gasteiger partial charge in [-0.1, -0.05) is 12.1 Å². The van der Waals surface area contributed by atoms with Crippen molar-refractivity contribution in [3.8, 4) is 0 Å². The van der Waals surface area contributed by atoms with Crippen LogP contribution in [0.2, 0.25) is 0 Å². The third-order valence-electron chi connectivity index (χ3n) is 3.14. The Labute approximate surface area is 111 Å². The van der Waals surface area contributed by atoms with Crippen molar-refractivity contribution in [2.45, 2.75) is 19.9 Å². The van der Waals surface area contributed by atoms with E-state index in [0.717, 1.165) is 22.7 Å². The summed E-state index contributed by atoms with van der Waals surface area (Å²) in [4.78, 5) is 8.80. The Morgan fingerprint density at radius 3 is 2.79 bits per heavy atom. The van der Waals surface area contributed by atoms with Crippen molar-refractivity contribution in [1.82, 2.24) is 14.5 Å². The molecule has 0 amide bonds. The third kappa shape index (κ3) is 2.07. The summed E-state index contributed by atoms with van der Waals surface area (Å²) in [6.07, 6.45) is 1.72. The molecule has 0 aliphatic carbocycles. The second kappa shape index (κ2) is 4.42. The number of aromatic nitrogens is 3. The third-order valence-corrected chi connectivity index (χ3v) is 3.14. The lowest BCUT2D eigenvalue weighted by Gasteiger charge is -2.11. The van der Waals surface area contributed by atoms with E-state index in [4.69, 9.17) is 4.42 Å². The van der Waals surface area contributed by atoms with Crippen LogP contribution in [0.25, 0.3) is 11.0 Å². The van der Waals surface area contributed by atoms with Crippen LogP contribution in [0, 0.1) is 6.92 Å². The van der Waals surface area contributed by atoms with E-state index < -0.39 is 0 Å². The lowest BCUT2D eigenvalue weighted by atomic mass is 10.3. The molecule has 5 nitrogen and oxygen atoms in total. The van der Waals surface area contributed by atoms with Crippen LogP contribution >= 0.6 is 0 Å². The molecule has 0 spiro atoms. The molecule has 1 N–H and O–H groups in total. The Bertz CT molecular complexity index is 713. The molecule has 2 heterocycles. The summed E-state index contributed by atoms with van der Waals surface area (Å²) >= 11 is 0. The van der Waals surface area contributed by atoms with Crippen LogP contribution in [0.15, 0.2) is 34.9 Å². The van der Waals surface area contributed by atoms with Gasteiger partial charge >= 0.3 is 0 Å². The molecule has 0 bridgehead atoms. The van der Waals surface area contributed by atoms with Gasteiger partial charge in [0.15, 0.2) is 0 Å². The minimum absolute atomic E-state index is 0.0239. The molecule has 0 aliphatic rings. The maximum Gasteiger partial charge on any atom is 0.216 e. The average Bonchev–Trinajstić information content (AvgIpc) is 2.96. The van der Waals surface area contributed by atoms with Crippen molar-refractivity contribution in [1.29, 1.82) is 0 Å². The van der Waals surface area contributed by atoms with Gasteiger partial charge in [0.25, 0.3) is 0 Å². The maximum absolute atomic E-state index is 5.52. The van der Waals surface area contributed by atoms with Crippen LogP contribution in [-0.2, 0) is 7.05 Å². The van der Waals surface area contributed by atoms with Crippen molar-refractivity contribution in [3.05, 3.63) is 42.1 Å². The van der Waals surface area contributed by atoms with Gasteiger partial charge in [0.1, 0.15) is 11.8 Å². The van der Waals surface area contributed by atoms with Crippen LogP contribution < -0.4 is 5.32 Å². The highest BCUT2D eigenvalue weighted by Gasteiger charge is 2.14. The van der Waals surface area contributed by atoms with Gasteiger partial charge in [-0.3, -0.25) is 0 Å². The Morgan fingerprint density at radius 1 is 1.32 bits per heavy atom. The van der Waals surface area contributed by atoms with Gasteiger partial charge in [0.2, 0.25) is 11.8 Å². The van der Waals surface area contributed by atoms with Gasteiger partial charge in [-0.15, -0.1) is 0 Å². The summed E-state index contributed by atoms with van der Waals surface area (Å²) in [7, 11) is 1.99. The summed E-state index contributed by atoms with van der Waals surface area (Å²) in [5.41, 5.74) is 2.07. The zero-order valence-electron chi connectivity index (χ0n) is 11.2. The summed E-state index contributed by atoms with van der Waals surface area (Å²) in [6.45, 7) is 3.89. The number of anilines is 1. The number of hydrogen-bond donors (Lipinski definition) is 1. The molecule has 2 aromatic heterocycles. The van der Waals surface area contributed by atoms with Crippen LogP contribution in [0.3, 0.4) is 0 Å². The van der Waals surface area contributed by atoms with Crippen molar-refractivity contribution in [3.63, 3.8) is 0 Å². The number of imidazole rings is 1. The molecular formula is C14H16N4O. The number of fused-ring (bicyclic) bond motifs is 1. The molecule has 19 heavy (non-hydrogen) atoms. The first-order valence-corrected chi connectivity index (χ1v) is 6.25. The fraction of sp³-hybridized carbons (Fsp3) is 0.286. The molecule has 98 valence electrons. The zero-order chi connectivity index (χ0) is 13.4. The standard InChI is InChI=1S/C14H16N4O/c1-9-8-15-13(19-9)10(2)16-14-17-11-6-4-5-7-12(11)18(14)3/h4-8,10H,1-3H3,(H,16,17). The molecule has 5 heteroatoms. The summed E-state index contributed by atoms with van der Waals surface area (Å²) < 4.78 is 7.55. The largest absolute Gasteiger partial charge is 0.444 e. The first-order chi connectivity index (χ1) is 9.15. The summed E-state index contributed by atoms with van der Waals surface area (Å²) in [5, 5.41) is 3.32. The lowest BCUT2D eigenvalue weighted by molar-refractivity contribution is 0.452. The van der Waals surface area contributed by atoms with E-state index in [9.17, 15) is 0 Å². The van der Waals surface area contributed by atoms with Crippen LogP contribution in [-0.4, -0.2) is 14.5 Å². The van der Waals surface area contributed by atoms with Crippen molar-refractivity contribution < 1.29 is 4.42 Å². The molecule has 0 saturated carbocycles. The summed E-state index contributed by atoms with van der Waals surface area (Å²) in [6, 6.07) is 8.02. The van der Waals surface area contributed by atoms with Gasteiger partial charge in [0, 0.05) is 7.05 Å². The molecule has 3 aromatic rings. The van der Waals surface area contributed by atoms with Crippen LogP contribution in [0.1, 0.15) is 24.6 Å². The Hall–Kier alpha value is -2.30. The highest BCUT2D eigenvalue weighted by atomic mass is 16.4. The van der Waals surface area contributed by atoms with E-state index in [1.807, 2.05) is 49.7 Å². The fourth-order valence-electron chi connectivity index (χ4n) is 2.10. The minimum atomic E-state index is -0.0239. The average molecular weight is 256 g/mol. The highest BCUT2D eigenvalue weighted by molar-refractivity contribution is 5.78. The molecular weight excluding hydrogens is 240 g/mol. The lowest BCUT2D eigenvalue weighted by Crippen LogP contribution is -2.10. The SMILES string of the molecule is Cc1cnc(C(C)Nc2nc3ccccc3n2C)o1. The zero-order valence-corrected chi connectivity index (χ0v) is 11.2. The number of rotatable bonds is 3. The molecule has 0 radical (unpaired) electrons. The topological polar surface area (TPSA) is 55.9 Å². The quantitative estimate of drug-likeness (QED) is 0.782. The van der Waals surface area contributed by atoms with Gasteiger partial charge in [-0.2, -0.15) is 0 Å². The number of nitrogens with one attached hydrogen (secondary N) is 1. The normalized spacial score (nSPS) is 12.8. The number of oxazole rings is 1. The van der Waals surface area contributed by atoms with Crippen molar-refractivity contribution in [2.75, 3.05) is 5.32 Å². The molecule has 0 aliphatic heterocycles. The second-order valence-electron chi connectivity index (χ2n) is 4.66. The Balaban J connectivity index is 1.91. The molecule has 1 aromatic carbocycles. The van der Waals surface area contributed by atoms with Gasteiger partial charge in [-0.05, 0) is 26.0 Å². The molecule has 0 saturated heterocycles. The predicted octanol–water partition coefficient (Wildman–Crippen LogP) is 3.04. The molecule has 3 rings (SSSR count). The van der Waals surface area contributed by atoms with E-state index in [1.54, 1.807) is 6.20 Å². The Kier molecular flexibility index (Phi) is 2.74. The van der Waals surface area contributed by atoms with Crippen LogP contribution in [0.5, 0.6) is 0 Å². The maximum atomic E-state index is 5.52. The van der Waals surface area contributed by atoms with Gasteiger partial charge in [0.05, 0.1) is 17.2 Å². The van der Waals surface area contributed by atoms with Gasteiger partial charge in [-0.25, -0.2) is 9.97 Å². The molecule has 1 unspecified atom stereocenters. The van der Waals surface area contributed by atoms with E-state index in [0.29, 0.717) is 5.89 Å². The number of para-hydroxylation sites is 2. The van der Waals surface area contributed by atoms with E-state index >= 15 is 0 Å². The second-order valence-corrected chi connectivity index (χ2v) is 4.66. The van der Waals surface area contributed by atoms with Crippen LogP contribution in [0.4, 0.5) is 5.95 Å². The van der Waals surface area contributed by atoms with E-state index in [2.05, 4.69) is 15.3 Å². The number of aryl methyl sites for hydroxylation is 2. The van der Waals surface area contributed by atoms with E-state index in [1.165, 1.54) is 0 Å². The first kappa shape index (κ1) is 11.8. The monoisotopic (exact) mass is 256 g/mol. The minimum Gasteiger partial charge on any atom is -0.444 e. The van der Waals surface area contributed by atoms with Crippen molar-refractivity contribution >= 4 is 17.0 Å². The fourth-order valence-corrected chi connectivity index (χ4v) is 2.10. The smallest absolute Gasteiger partial charge is 0.216 e. The van der Waals surface area contributed by atoms with Gasteiger partial charge < -0.3 is 14.3 Å². The van der Waals surface area contributed by atoms with Crippen molar-refractivity contribution in [2.24, 2.45) is 7.05 Å². The predicted molar refractivity (Wildman–Crippen MR) is 74.0 cm³/mol.